The number of amides is 1. The van der Waals surface area contributed by atoms with Gasteiger partial charge in [-0.3, -0.25) is 4.79 Å². The number of carboxylic acids is 1. The summed E-state index contributed by atoms with van der Waals surface area (Å²) in [5, 5.41) is 11.7. The molecule has 0 saturated carbocycles. The van der Waals surface area contributed by atoms with Crippen LogP contribution in [-0.4, -0.2) is 48.8 Å². The molecule has 7 nitrogen and oxygen atoms in total. The largest absolute Gasteiger partial charge is 0.480 e. The highest BCUT2D eigenvalue weighted by molar-refractivity contribution is 7.91. The Morgan fingerprint density at radius 1 is 1.36 bits per heavy atom. The minimum atomic E-state index is -3.61. The van der Waals surface area contributed by atoms with Crippen LogP contribution in [0.4, 0.5) is 0 Å². The molecule has 1 amide bonds. The van der Waals surface area contributed by atoms with E-state index < -0.39 is 33.9 Å². The van der Waals surface area contributed by atoms with Gasteiger partial charge in [-0.2, -0.15) is 4.31 Å². The molecule has 2 atom stereocenters. The first kappa shape index (κ1) is 19.9. The Labute approximate surface area is 152 Å². The number of nitrogens with one attached hydrogen (secondary N) is 1. The quantitative estimate of drug-likeness (QED) is 0.772. The molecule has 0 bridgehead atoms. The summed E-state index contributed by atoms with van der Waals surface area (Å²) in [6, 6.07) is 2.36. The molecule has 1 aliphatic rings. The minimum Gasteiger partial charge on any atom is -0.480 e. The molecule has 1 unspecified atom stereocenters. The van der Waals surface area contributed by atoms with E-state index in [-0.39, 0.29) is 16.7 Å². The van der Waals surface area contributed by atoms with E-state index in [1.54, 1.807) is 26.0 Å². The van der Waals surface area contributed by atoms with Crippen LogP contribution in [-0.2, 0) is 19.6 Å². The third kappa shape index (κ3) is 4.59. The summed E-state index contributed by atoms with van der Waals surface area (Å²) in [4.78, 5) is 24.6. The molecule has 1 aliphatic heterocycles. The number of carboxylic acid groups (broad SMARTS) is 1. The summed E-state index contributed by atoms with van der Waals surface area (Å²) < 4.78 is 27.0. The van der Waals surface area contributed by atoms with E-state index in [0.29, 0.717) is 19.4 Å². The number of hydrogen-bond acceptors (Lipinski definition) is 5. The van der Waals surface area contributed by atoms with E-state index in [1.807, 2.05) is 6.92 Å². The average Bonchev–Trinajstić information content (AvgIpc) is 2.99. The van der Waals surface area contributed by atoms with Crippen LogP contribution in [0.3, 0.4) is 0 Å². The van der Waals surface area contributed by atoms with Crippen molar-refractivity contribution in [1.29, 1.82) is 0 Å². The fourth-order valence-corrected chi connectivity index (χ4v) is 5.80. The highest BCUT2D eigenvalue weighted by Crippen LogP contribution is 2.28. The fraction of sp³-hybridized carbons (Fsp3) is 0.625. The summed E-state index contributed by atoms with van der Waals surface area (Å²) in [7, 11) is -3.61. The van der Waals surface area contributed by atoms with E-state index >= 15 is 0 Å². The van der Waals surface area contributed by atoms with Crippen LogP contribution in [0, 0.1) is 18.8 Å². The van der Waals surface area contributed by atoms with Gasteiger partial charge in [0.15, 0.2) is 0 Å². The normalized spacial score (nSPS) is 20.4. The molecule has 0 spiro atoms. The van der Waals surface area contributed by atoms with Crippen molar-refractivity contribution in [2.75, 3.05) is 13.1 Å². The van der Waals surface area contributed by atoms with Crippen LogP contribution in [0.25, 0.3) is 0 Å². The molecule has 0 aliphatic carbocycles. The van der Waals surface area contributed by atoms with Crippen LogP contribution in [0.5, 0.6) is 0 Å². The zero-order chi connectivity index (χ0) is 18.8. The average molecular weight is 389 g/mol. The van der Waals surface area contributed by atoms with Gasteiger partial charge in [-0.15, -0.1) is 11.3 Å². The third-order valence-electron chi connectivity index (χ3n) is 4.30. The standard InChI is InChI=1S/C16H24N2O5S2/c1-10(2)14(16(20)21)17-15(19)12-5-4-8-18(9-12)25(22,23)13-7-6-11(3)24-13/h6-7,10,12,14H,4-5,8-9H2,1-3H3,(H,17,19)(H,20,21)/t12?,14-/m1/s1. The van der Waals surface area contributed by atoms with E-state index in [1.165, 1.54) is 15.6 Å². The number of carbonyl (C=O) groups excluding carboxylic acids is 1. The summed E-state index contributed by atoms with van der Waals surface area (Å²) in [5.41, 5.74) is 0. The number of aliphatic carboxylic acids is 1. The topological polar surface area (TPSA) is 104 Å². The van der Waals surface area contributed by atoms with Crippen molar-refractivity contribution in [2.45, 2.75) is 43.9 Å². The molecular formula is C16H24N2O5S2. The number of nitrogens with zero attached hydrogens (tertiary/aromatic N) is 1. The number of carbonyl (C=O) groups is 2. The second-order valence-corrected chi connectivity index (χ2v) is 10.1. The van der Waals surface area contributed by atoms with Gasteiger partial charge in [0.1, 0.15) is 10.3 Å². The van der Waals surface area contributed by atoms with Crippen molar-refractivity contribution >= 4 is 33.2 Å². The van der Waals surface area contributed by atoms with Gasteiger partial charge in [-0.05, 0) is 37.8 Å². The Bertz CT molecular complexity index is 741. The Morgan fingerprint density at radius 3 is 2.56 bits per heavy atom. The lowest BCUT2D eigenvalue weighted by atomic mass is 9.97. The molecule has 1 fully saturated rings. The Morgan fingerprint density at radius 2 is 2.04 bits per heavy atom. The predicted molar refractivity (Wildman–Crippen MR) is 94.9 cm³/mol. The zero-order valence-electron chi connectivity index (χ0n) is 14.6. The fourth-order valence-electron chi connectivity index (χ4n) is 2.84. The molecule has 140 valence electrons. The maximum atomic E-state index is 12.7. The van der Waals surface area contributed by atoms with E-state index in [4.69, 9.17) is 0 Å². The van der Waals surface area contributed by atoms with Crippen molar-refractivity contribution in [3.05, 3.63) is 17.0 Å². The maximum Gasteiger partial charge on any atom is 0.326 e. The van der Waals surface area contributed by atoms with E-state index in [2.05, 4.69) is 5.32 Å². The van der Waals surface area contributed by atoms with Gasteiger partial charge in [0.05, 0.1) is 5.92 Å². The van der Waals surface area contributed by atoms with Crippen LogP contribution >= 0.6 is 11.3 Å². The maximum absolute atomic E-state index is 12.7. The number of hydrogen-bond donors (Lipinski definition) is 2. The molecule has 25 heavy (non-hydrogen) atoms. The van der Waals surface area contributed by atoms with Crippen LogP contribution < -0.4 is 5.32 Å². The van der Waals surface area contributed by atoms with Crippen LogP contribution in [0.1, 0.15) is 31.6 Å². The minimum absolute atomic E-state index is 0.0789. The third-order valence-corrected chi connectivity index (χ3v) is 7.63. The molecule has 9 heteroatoms. The smallest absolute Gasteiger partial charge is 0.326 e. The Hall–Kier alpha value is -1.45. The van der Waals surface area contributed by atoms with Crippen molar-refractivity contribution < 1.29 is 23.1 Å². The lowest BCUT2D eigenvalue weighted by molar-refractivity contribution is -0.144. The van der Waals surface area contributed by atoms with Crippen molar-refractivity contribution in [3.8, 4) is 0 Å². The van der Waals surface area contributed by atoms with Gasteiger partial charge in [0, 0.05) is 18.0 Å². The number of sulfonamides is 1. The second-order valence-electron chi connectivity index (χ2n) is 6.64. The molecular weight excluding hydrogens is 364 g/mol. The number of rotatable bonds is 6. The SMILES string of the molecule is Cc1ccc(S(=O)(=O)N2CCCC(C(=O)N[C@@H](C(=O)O)C(C)C)C2)s1. The summed E-state index contributed by atoms with van der Waals surface area (Å²) in [6.45, 7) is 5.73. The molecule has 2 N–H and O–H groups in total. The zero-order valence-corrected chi connectivity index (χ0v) is 16.2. The van der Waals surface area contributed by atoms with Gasteiger partial charge < -0.3 is 10.4 Å². The van der Waals surface area contributed by atoms with Gasteiger partial charge >= 0.3 is 5.97 Å². The first-order valence-electron chi connectivity index (χ1n) is 8.22. The van der Waals surface area contributed by atoms with Gasteiger partial charge in [-0.1, -0.05) is 13.8 Å². The van der Waals surface area contributed by atoms with Crippen molar-refractivity contribution in [3.63, 3.8) is 0 Å². The number of thiophene rings is 1. The van der Waals surface area contributed by atoms with E-state index in [9.17, 15) is 23.1 Å². The number of piperidine rings is 1. The van der Waals surface area contributed by atoms with Gasteiger partial charge in [-0.25, -0.2) is 13.2 Å². The molecule has 1 saturated heterocycles. The molecule has 1 aromatic heterocycles. The predicted octanol–water partition coefficient (Wildman–Crippen LogP) is 1.68. The lowest BCUT2D eigenvalue weighted by Crippen LogP contribution is -2.50. The number of aryl methyl sites for hydroxylation is 1. The summed E-state index contributed by atoms with van der Waals surface area (Å²) in [6.07, 6.45) is 1.12. The Balaban J connectivity index is 2.10. The van der Waals surface area contributed by atoms with Gasteiger partial charge in [0.25, 0.3) is 10.0 Å². The van der Waals surface area contributed by atoms with Crippen molar-refractivity contribution in [2.24, 2.45) is 11.8 Å². The second kappa shape index (κ2) is 7.84. The molecule has 2 heterocycles. The molecule has 2 rings (SSSR count). The van der Waals surface area contributed by atoms with Crippen molar-refractivity contribution in [1.82, 2.24) is 9.62 Å². The summed E-state index contributed by atoms with van der Waals surface area (Å²) in [5.74, 6) is -2.27. The van der Waals surface area contributed by atoms with Crippen LogP contribution in [0.15, 0.2) is 16.3 Å². The highest BCUT2D eigenvalue weighted by Gasteiger charge is 2.35. The molecule has 0 radical (unpaired) electrons. The van der Waals surface area contributed by atoms with Crippen LogP contribution in [0.2, 0.25) is 0 Å². The van der Waals surface area contributed by atoms with E-state index in [0.717, 1.165) is 4.88 Å². The first-order valence-corrected chi connectivity index (χ1v) is 10.5. The lowest BCUT2D eigenvalue weighted by Gasteiger charge is -2.31. The highest BCUT2D eigenvalue weighted by atomic mass is 32.2. The molecule has 0 aromatic carbocycles. The Kier molecular flexibility index (Phi) is 6.23. The monoisotopic (exact) mass is 388 g/mol. The van der Waals surface area contributed by atoms with Gasteiger partial charge in [0.2, 0.25) is 5.91 Å². The molecule has 1 aromatic rings. The first-order chi connectivity index (χ1) is 11.6. The summed E-state index contributed by atoms with van der Waals surface area (Å²) >= 11 is 1.21.